The van der Waals surface area contributed by atoms with Crippen molar-refractivity contribution in [2.45, 2.75) is 30.7 Å². The molecule has 29 heavy (non-hydrogen) atoms. The third kappa shape index (κ3) is 4.29. The number of nitrogens with one attached hydrogen (secondary N) is 1. The van der Waals surface area contributed by atoms with Crippen LogP contribution in [-0.2, 0) is 11.8 Å². The van der Waals surface area contributed by atoms with Gasteiger partial charge in [0.15, 0.2) is 5.16 Å². The van der Waals surface area contributed by atoms with Gasteiger partial charge in [-0.3, -0.25) is 24.3 Å². The highest BCUT2D eigenvalue weighted by Crippen LogP contribution is 2.27. The number of hydrogen-bond donors (Lipinski definition) is 1. The van der Waals surface area contributed by atoms with Crippen molar-refractivity contribution < 1.29 is 9.72 Å². The second-order valence-electron chi connectivity index (χ2n) is 6.54. The standard InChI is InChI=1S/C20H20N4O4S/c1-4-17(18(25)21-16-11-13(24(27)28)10-9-12(16)2)29-20-22-15-8-6-5-7-14(15)19(26)23(20)3/h5-11,17H,4H2,1-3H3,(H,21,25). The molecule has 2 aromatic carbocycles. The summed E-state index contributed by atoms with van der Waals surface area (Å²) >= 11 is 1.19. The minimum atomic E-state index is -0.520. The minimum absolute atomic E-state index is 0.0924. The van der Waals surface area contributed by atoms with E-state index < -0.39 is 10.2 Å². The Morgan fingerprint density at radius 3 is 2.72 bits per heavy atom. The van der Waals surface area contributed by atoms with Gasteiger partial charge in [0.1, 0.15) is 0 Å². The molecule has 1 heterocycles. The normalized spacial score (nSPS) is 12.0. The van der Waals surface area contributed by atoms with Crippen LogP contribution in [0.5, 0.6) is 0 Å². The molecule has 1 amide bonds. The second kappa shape index (κ2) is 8.44. The van der Waals surface area contributed by atoms with Crippen LogP contribution in [0.2, 0.25) is 0 Å². The number of fused-ring (bicyclic) bond motifs is 1. The van der Waals surface area contributed by atoms with Gasteiger partial charge in [-0.15, -0.1) is 0 Å². The average molecular weight is 412 g/mol. The van der Waals surface area contributed by atoms with Crippen LogP contribution in [0.25, 0.3) is 10.9 Å². The highest BCUT2D eigenvalue weighted by Gasteiger charge is 2.22. The first-order valence-electron chi connectivity index (χ1n) is 9.00. The summed E-state index contributed by atoms with van der Waals surface area (Å²) in [4.78, 5) is 40.4. The van der Waals surface area contributed by atoms with Crippen molar-refractivity contribution in [3.63, 3.8) is 0 Å². The van der Waals surface area contributed by atoms with Gasteiger partial charge < -0.3 is 5.32 Å². The zero-order valence-corrected chi connectivity index (χ0v) is 17.0. The number of non-ortho nitro benzene ring substituents is 1. The van der Waals surface area contributed by atoms with E-state index >= 15 is 0 Å². The molecular weight excluding hydrogens is 392 g/mol. The largest absolute Gasteiger partial charge is 0.325 e. The van der Waals surface area contributed by atoms with E-state index in [4.69, 9.17) is 0 Å². The van der Waals surface area contributed by atoms with E-state index in [-0.39, 0.29) is 17.2 Å². The Morgan fingerprint density at radius 2 is 2.03 bits per heavy atom. The number of rotatable bonds is 6. The summed E-state index contributed by atoms with van der Waals surface area (Å²) < 4.78 is 1.43. The third-order valence-electron chi connectivity index (χ3n) is 4.54. The van der Waals surface area contributed by atoms with Gasteiger partial charge in [0.05, 0.1) is 26.8 Å². The molecule has 0 radical (unpaired) electrons. The first-order chi connectivity index (χ1) is 13.8. The van der Waals surface area contributed by atoms with Crippen molar-refractivity contribution in [3.8, 4) is 0 Å². The van der Waals surface area contributed by atoms with Gasteiger partial charge in [-0.1, -0.05) is 36.9 Å². The number of aryl methyl sites for hydroxylation is 1. The number of aromatic nitrogens is 2. The molecule has 0 spiro atoms. The molecule has 1 atom stereocenters. The summed E-state index contributed by atoms with van der Waals surface area (Å²) in [6.07, 6.45) is 0.493. The first-order valence-corrected chi connectivity index (χ1v) is 9.88. The molecule has 3 rings (SSSR count). The van der Waals surface area contributed by atoms with Gasteiger partial charge in [0.2, 0.25) is 5.91 Å². The summed E-state index contributed by atoms with van der Waals surface area (Å²) in [6, 6.07) is 11.4. The summed E-state index contributed by atoms with van der Waals surface area (Å²) in [5, 5.41) is 14.2. The number of carbonyl (C=O) groups excluding carboxylic acids is 1. The van der Waals surface area contributed by atoms with Crippen molar-refractivity contribution in [1.82, 2.24) is 9.55 Å². The van der Waals surface area contributed by atoms with Gasteiger partial charge in [-0.25, -0.2) is 4.98 Å². The number of benzene rings is 2. The van der Waals surface area contributed by atoms with Crippen LogP contribution in [-0.4, -0.2) is 25.6 Å². The molecule has 0 bridgehead atoms. The Kier molecular flexibility index (Phi) is 5.97. The van der Waals surface area contributed by atoms with Gasteiger partial charge >= 0.3 is 0 Å². The molecule has 0 aliphatic heterocycles. The maximum atomic E-state index is 12.8. The van der Waals surface area contributed by atoms with Gasteiger partial charge in [-0.2, -0.15) is 0 Å². The molecular formula is C20H20N4O4S. The number of carbonyl (C=O) groups is 1. The summed E-state index contributed by atoms with van der Waals surface area (Å²) in [5.74, 6) is -0.302. The maximum Gasteiger partial charge on any atom is 0.271 e. The first kappa shape index (κ1) is 20.5. The summed E-state index contributed by atoms with van der Waals surface area (Å²) in [5.41, 5.74) is 1.42. The lowest BCUT2D eigenvalue weighted by atomic mass is 10.1. The Labute approximate surface area is 171 Å². The molecule has 1 aromatic heterocycles. The molecule has 150 valence electrons. The number of para-hydroxylation sites is 1. The van der Waals surface area contributed by atoms with Gasteiger partial charge in [-0.05, 0) is 31.0 Å². The third-order valence-corrected chi connectivity index (χ3v) is 5.95. The van der Waals surface area contributed by atoms with Crippen molar-refractivity contribution in [2.75, 3.05) is 5.32 Å². The van der Waals surface area contributed by atoms with Crippen LogP contribution in [0.3, 0.4) is 0 Å². The van der Waals surface area contributed by atoms with Crippen LogP contribution in [0.15, 0.2) is 52.4 Å². The van der Waals surface area contributed by atoms with Crippen LogP contribution in [0.1, 0.15) is 18.9 Å². The van der Waals surface area contributed by atoms with Gasteiger partial charge in [0.25, 0.3) is 11.2 Å². The number of nitro groups is 1. The molecule has 9 heteroatoms. The quantitative estimate of drug-likeness (QED) is 0.287. The molecule has 0 saturated heterocycles. The topological polar surface area (TPSA) is 107 Å². The van der Waals surface area contributed by atoms with E-state index in [9.17, 15) is 19.7 Å². The van der Waals surface area contributed by atoms with Crippen LogP contribution >= 0.6 is 11.8 Å². The van der Waals surface area contributed by atoms with Gasteiger partial charge in [0, 0.05) is 19.2 Å². The predicted octanol–water partition coefficient (Wildman–Crippen LogP) is 3.66. The maximum absolute atomic E-state index is 12.8. The number of nitro benzene ring substituents is 1. The number of nitrogens with zero attached hydrogens (tertiary/aromatic N) is 3. The number of anilines is 1. The fourth-order valence-corrected chi connectivity index (χ4v) is 3.80. The van der Waals surface area contributed by atoms with E-state index in [0.717, 1.165) is 5.56 Å². The smallest absolute Gasteiger partial charge is 0.271 e. The van der Waals surface area contributed by atoms with Crippen LogP contribution in [0, 0.1) is 17.0 Å². The lowest BCUT2D eigenvalue weighted by molar-refractivity contribution is -0.384. The fraction of sp³-hybridized carbons (Fsp3) is 0.250. The number of thioether (sulfide) groups is 1. The molecule has 0 saturated carbocycles. The van der Waals surface area contributed by atoms with E-state index in [1.807, 2.05) is 6.92 Å². The lowest BCUT2D eigenvalue weighted by Crippen LogP contribution is -2.27. The predicted molar refractivity (Wildman–Crippen MR) is 113 cm³/mol. The monoisotopic (exact) mass is 412 g/mol. The Bertz CT molecular complexity index is 1160. The molecule has 1 unspecified atom stereocenters. The second-order valence-corrected chi connectivity index (χ2v) is 7.71. The molecule has 0 aliphatic rings. The molecule has 0 fully saturated rings. The van der Waals surface area contributed by atoms with Crippen molar-refractivity contribution in [2.24, 2.45) is 7.05 Å². The zero-order valence-electron chi connectivity index (χ0n) is 16.2. The van der Waals surface area contributed by atoms with Crippen molar-refractivity contribution in [1.29, 1.82) is 0 Å². The average Bonchev–Trinajstić information content (AvgIpc) is 2.71. The lowest BCUT2D eigenvalue weighted by Gasteiger charge is -2.17. The van der Waals surface area contributed by atoms with E-state index in [0.29, 0.717) is 28.2 Å². The zero-order chi connectivity index (χ0) is 21.1. The van der Waals surface area contributed by atoms with Crippen molar-refractivity contribution >= 4 is 39.9 Å². The highest BCUT2D eigenvalue weighted by atomic mass is 32.2. The fourth-order valence-electron chi connectivity index (χ4n) is 2.82. The highest BCUT2D eigenvalue weighted by molar-refractivity contribution is 8.00. The Hall–Kier alpha value is -3.20. The van der Waals surface area contributed by atoms with E-state index in [1.54, 1.807) is 44.3 Å². The number of amides is 1. The van der Waals surface area contributed by atoms with E-state index in [1.165, 1.54) is 28.5 Å². The molecule has 1 N–H and O–H groups in total. The summed E-state index contributed by atoms with van der Waals surface area (Å²) in [6.45, 7) is 3.62. The number of hydrogen-bond acceptors (Lipinski definition) is 6. The van der Waals surface area contributed by atoms with Crippen LogP contribution in [0.4, 0.5) is 11.4 Å². The Balaban J connectivity index is 1.87. The molecule has 8 nitrogen and oxygen atoms in total. The van der Waals surface area contributed by atoms with Crippen LogP contribution < -0.4 is 10.9 Å². The minimum Gasteiger partial charge on any atom is -0.325 e. The van der Waals surface area contributed by atoms with E-state index in [2.05, 4.69) is 10.3 Å². The summed E-state index contributed by atoms with van der Waals surface area (Å²) in [7, 11) is 1.62. The molecule has 3 aromatic rings. The Morgan fingerprint density at radius 1 is 1.31 bits per heavy atom. The SMILES string of the molecule is CCC(Sc1nc2ccccc2c(=O)n1C)C(=O)Nc1cc([N+](=O)[O-])ccc1C. The van der Waals surface area contributed by atoms with Crippen molar-refractivity contribution in [3.05, 3.63) is 68.5 Å². The molecule has 0 aliphatic carbocycles.